The molecule has 0 aliphatic rings. The summed E-state index contributed by atoms with van der Waals surface area (Å²) in [6.45, 7) is 5.52. The minimum atomic E-state index is -0.0738. The molecule has 0 saturated heterocycles. The fraction of sp³-hybridized carbons (Fsp3) is 0.818. The fourth-order valence-corrected chi connectivity index (χ4v) is 1.82. The Kier molecular flexibility index (Phi) is 5.42. The van der Waals surface area contributed by atoms with Crippen LogP contribution in [-0.2, 0) is 17.9 Å². The van der Waals surface area contributed by atoms with Gasteiger partial charge in [0, 0.05) is 19.6 Å². The summed E-state index contributed by atoms with van der Waals surface area (Å²) in [5.74, 6) is 1.94. The van der Waals surface area contributed by atoms with Gasteiger partial charge in [0.05, 0.1) is 6.61 Å². The van der Waals surface area contributed by atoms with Crippen LogP contribution in [-0.4, -0.2) is 33.6 Å². The van der Waals surface area contributed by atoms with Crippen LogP contribution in [0.3, 0.4) is 0 Å². The molecule has 0 bridgehead atoms. The zero-order valence-corrected chi connectivity index (χ0v) is 10.3. The van der Waals surface area contributed by atoms with E-state index in [0.717, 1.165) is 18.7 Å². The van der Waals surface area contributed by atoms with Crippen molar-refractivity contribution in [2.75, 3.05) is 13.7 Å². The third-order valence-electron chi connectivity index (χ3n) is 2.68. The second kappa shape index (κ2) is 6.60. The first-order valence-corrected chi connectivity index (χ1v) is 5.76. The van der Waals surface area contributed by atoms with Crippen molar-refractivity contribution in [3.8, 4) is 0 Å². The van der Waals surface area contributed by atoms with E-state index in [1.807, 2.05) is 4.57 Å². The van der Waals surface area contributed by atoms with Gasteiger partial charge < -0.3 is 14.4 Å². The highest BCUT2D eigenvalue weighted by atomic mass is 16.5. The van der Waals surface area contributed by atoms with Crippen molar-refractivity contribution in [1.29, 1.82) is 0 Å². The summed E-state index contributed by atoms with van der Waals surface area (Å²) < 4.78 is 7.01. The molecule has 16 heavy (non-hydrogen) atoms. The van der Waals surface area contributed by atoms with E-state index in [-0.39, 0.29) is 6.61 Å². The predicted molar refractivity (Wildman–Crippen MR) is 61.1 cm³/mol. The number of nitrogens with zero attached hydrogens (tertiary/aromatic N) is 3. The molecule has 1 atom stereocenters. The van der Waals surface area contributed by atoms with E-state index in [1.54, 1.807) is 7.11 Å². The van der Waals surface area contributed by atoms with Gasteiger partial charge in [-0.25, -0.2) is 0 Å². The topological polar surface area (TPSA) is 60.2 Å². The maximum absolute atomic E-state index is 9.18. The van der Waals surface area contributed by atoms with E-state index >= 15 is 0 Å². The van der Waals surface area contributed by atoms with Crippen molar-refractivity contribution in [2.45, 2.75) is 45.8 Å². The molecule has 5 nitrogen and oxygen atoms in total. The van der Waals surface area contributed by atoms with Crippen molar-refractivity contribution in [1.82, 2.24) is 14.8 Å². The Labute approximate surface area is 96.5 Å². The first kappa shape index (κ1) is 13.1. The Hall–Kier alpha value is -0.940. The molecule has 1 rings (SSSR count). The van der Waals surface area contributed by atoms with Gasteiger partial charge in [-0.05, 0) is 6.42 Å². The van der Waals surface area contributed by atoms with Crippen LogP contribution in [0.25, 0.3) is 0 Å². The Morgan fingerprint density at radius 2 is 2.19 bits per heavy atom. The van der Waals surface area contributed by atoms with Gasteiger partial charge in [0.15, 0.2) is 5.82 Å². The van der Waals surface area contributed by atoms with Gasteiger partial charge in [-0.3, -0.25) is 0 Å². The molecule has 1 unspecified atom stereocenters. The second-order valence-electron chi connectivity index (χ2n) is 3.97. The highest BCUT2D eigenvalue weighted by Gasteiger charge is 2.16. The molecule has 0 saturated carbocycles. The molecule has 1 heterocycles. The second-order valence-corrected chi connectivity index (χ2v) is 3.97. The lowest BCUT2D eigenvalue weighted by Crippen LogP contribution is -2.13. The molecule has 1 aromatic heterocycles. The van der Waals surface area contributed by atoms with Crippen LogP contribution in [0.1, 0.15) is 44.3 Å². The van der Waals surface area contributed by atoms with Crippen LogP contribution in [0, 0.1) is 0 Å². The van der Waals surface area contributed by atoms with Gasteiger partial charge in [0.25, 0.3) is 0 Å². The van der Waals surface area contributed by atoms with Gasteiger partial charge >= 0.3 is 0 Å². The number of hydrogen-bond donors (Lipinski definition) is 1. The van der Waals surface area contributed by atoms with Crippen molar-refractivity contribution in [2.24, 2.45) is 0 Å². The summed E-state index contributed by atoms with van der Waals surface area (Å²) in [7, 11) is 1.66. The lowest BCUT2D eigenvalue weighted by atomic mass is 10.1. The predicted octanol–water partition coefficient (Wildman–Crippen LogP) is 1.32. The molecule has 0 radical (unpaired) electrons. The van der Waals surface area contributed by atoms with E-state index in [1.165, 1.54) is 0 Å². The lowest BCUT2D eigenvalue weighted by Gasteiger charge is -2.13. The van der Waals surface area contributed by atoms with Crippen LogP contribution in [0.15, 0.2) is 0 Å². The molecule has 1 N–H and O–H groups in total. The van der Waals surface area contributed by atoms with Gasteiger partial charge in [-0.2, -0.15) is 0 Å². The minimum absolute atomic E-state index is 0.0738. The standard InChI is InChI=1S/C11H21N3O2/c1-4-5-9(2)11-13-12-10(8-15)14(11)6-7-16-3/h9,15H,4-8H2,1-3H3. The molecule has 0 fully saturated rings. The summed E-state index contributed by atoms with van der Waals surface area (Å²) in [4.78, 5) is 0. The first-order chi connectivity index (χ1) is 7.74. The maximum Gasteiger partial charge on any atom is 0.158 e. The molecule has 0 spiro atoms. The molecular formula is C11H21N3O2. The van der Waals surface area contributed by atoms with Crippen molar-refractivity contribution in [3.05, 3.63) is 11.6 Å². The number of aliphatic hydroxyl groups is 1. The normalized spacial score (nSPS) is 13.0. The zero-order chi connectivity index (χ0) is 12.0. The highest BCUT2D eigenvalue weighted by Crippen LogP contribution is 2.19. The summed E-state index contributed by atoms with van der Waals surface area (Å²) in [6, 6.07) is 0. The van der Waals surface area contributed by atoms with Crippen LogP contribution in [0.2, 0.25) is 0 Å². The molecule has 0 amide bonds. The van der Waals surface area contributed by atoms with Crippen LogP contribution in [0.4, 0.5) is 0 Å². The van der Waals surface area contributed by atoms with Gasteiger partial charge in [-0.15, -0.1) is 10.2 Å². The van der Waals surface area contributed by atoms with E-state index in [4.69, 9.17) is 4.74 Å². The first-order valence-electron chi connectivity index (χ1n) is 5.76. The van der Waals surface area contributed by atoms with Gasteiger partial charge in [0.2, 0.25) is 0 Å². The number of ether oxygens (including phenoxy) is 1. The summed E-state index contributed by atoms with van der Waals surface area (Å²) in [5.41, 5.74) is 0. The molecule has 0 aliphatic carbocycles. The fourth-order valence-electron chi connectivity index (χ4n) is 1.82. The largest absolute Gasteiger partial charge is 0.388 e. The lowest BCUT2D eigenvalue weighted by molar-refractivity contribution is 0.181. The molecular weight excluding hydrogens is 206 g/mol. The highest BCUT2D eigenvalue weighted by molar-refractivity contribution is 5.00. The summed E-state index contributed by atoms with van der Waals surface area (Å²) >= 11 is 0. The maximum atomic E-state index is 9.18. The minimum Gasteiger partial charge on any atom is -0.388 e. The van der Waals surface area contributed by atoms with Crippen LogP contribution >= 0.6 is 0 Å². The van der Waals surface area contributed by atoms with Gasteiger partial charge in [-0.1, -0.05) is 20.3 Å². The van der Waals surface area contributed by atoms with Crippen LogP contribution < -0.4 is 0 Å². The zero-order valence-electron chi connectivity index (χ0n) is 10.3. The molecule has 92 valence electrons. The molecule has 0 aromatic carbocycles. The van der Waals surface area contributed by atoms with Crippen molar-refractivity contribution in [3.63, 3.8) is 0 Å². The number of rotatable bonds is 7. The van der Waals surface area contributed by atoms with E-state index in [9.17, 15) is 5.11 Å². The third kappa shape index (κ3) is 3.02. The van der Waals surface area contributed by atoms with Gasteiger partial charge in [0.1, 0.15) is 12.4 Å². The number of methoxy groups -OCH3 is 1. The SMILES string of the molecule is CCCC(C)c1nnc(CO)n1CCOC. The summed E-state index contributed by atoms with van der Waals surface area (Å²) in [5, 5.41) is 17.3. The van der Waals surface area contributed by atoms with Crippen molar-refractivity contribution < 1.29 is 9.84 Å². The Morgan fingerprint density at radius 3 is 2.75 bits per heavy atom. The quantitative estimate of drug-likeness (QED) is 0.763. The van der Waals surface area contributed by atoms with Crippen LogP contribution in [0.5, 0.6) is 0 Å². The number of aromatic nitrogens is 3. The average Bonchev–Trinajstić information content (AvgIpc) is 2.69. The smallest absolute Gasteiger partial charge is 0.158 e. The van der Waals surface area contributed by atoms with E-state index in [2.05, 4.69) is 24.0 Å². The van der Waals surface area contributed by atoms with Crippen molar-refractivity contribution >= 4 is 0 Å². The summed E-state index contributed by atoms with van der Waals surface area (Å²) in [6.07, 6.45) is 2.20. The molecule has 5 heteroatoms. The van der Waals surface area contributed by atoms with E-state index in [0.29, 0.717) is 24.9 Å². The Balaban J connectivity index is 2.85. The Bertz CT molecular complexity index is 312. The number of aliphatic hydroxyl groups excluding tert-OH is 1. The third-order valence-corrected chi connectivity index (χ3v) is 2.68. The molecule has 1 aromatic rings. The van der Waals surface area contributed by atoms with E-state index < -0.39 is 0 Å². The molecule has 0 aliphatic heterocycles. The monoisotopic (exact) mass is 227 g/mol. The average molecular weight is 227 g/mol. The number of hydrogen-bond acceptors (Lipinski definition) is 4. The Morgan fingerprint density at radius 1 is 1.44 bits per heavy atom.